The van der Waals surface area contributed by atoms with Crippen molar-refractivity contribution in [2.45, 2.75) is 87.0 Å². The molecule has 2 heterocycles. The molecular formula is C34H38N4O6S2. The van der Waals surface area contributed by atoms with Crippen molar-refractivity contribution < 1.29 is 29.4 Å². The second-order valence-corrected chi connectivity index (χ2v) is 13.7. The van der Waals surface area contributed by atoms with E-state index in [2.05, 4.69) is 12.1 Å². The van der Waals surface area contributed by atoms with Gasteiger partial charge in [-0.05, 0) is 48.2 Å². The maximum absolute atomic E-state index is 13.1. The van der Waals surface area contributed by atoms with Gasteiger partial charge in [-0.2, -0.15) is 10.5 Å². The molecule has 10 nitrogen and oxygen atoms in total. The van der Waals surface area contributed by atoms with Gasteiger partial charge in [-0.3, -0.25) is 9.59 Å². The lowest BCUT2D eigenvalue weighted by atomic mass is 10.0. The quantitative estimate of drug-likeness (QED) is 0.214. The lowest BCUT2D eigenvalue weighted by Crippen LogP contribution is -2.42. The first-order chi connectivity index (χ1) is 22.2. The highest BCUT2D eigenvalue weighted by Crippen LogP contribution is 2.43. The maximum atomic E-state index is 13.1. The Morgan fingerprint density at radius 1 is 0.652 bits per heavy atom. The molecular weight excluding hydrogens is 625 g/mol. The van der Waals surface area contributed by atoms with Crippen molar-refractivity contribution in [2.24, 2.45) is 0 Å². The molecule has 0 saturated carbocycles. The molecule has 2 aliphatic rings. The van der Waals surface area contributed by atoms with Gasteiger partial charge in [0.1, 0.15) is 22.8 Å². The standard InChI is InChI=1S/C34H38N4O6S2/c35-19-23-11-9-13-25(17-23)31-37(27(21-45-31)33(41)42)29(39)15-7-5-3-1-2-4-6-8-16-30(40)38-28(34(43)44)22-46-32(38)26-14-10-12-24(18-26)20-36/h9-14,17-18,27-28,31-32H,1-8,15-16,21-22H2,(H,41,42)(H,43,44)/t27-,28-,31?,32?/m0/s1. The van der Waals surface area contributed by atoms with Crippen molar-refractivity contribution in [1.82, 2.24) is 9.80 Å². The van der Waals surface area contributed by atoms with E-state index in [-0.39, 0.29) is 24.7 Å². The number of carboxylic acid groups (broad SMARTS) is 2. The van der Waals surface area contributed by atoms with Crippen LogP contribution in [0.3, 0.4) is 0 Å². The van der Waals surface area contributed by atoms with Crippen LogP contribution in [0.5, 0.6) is 0 Å². The van der Waals surface area contributed by atoms with Crippen molar-refractivity contribution in [3.05, 3.63) is 70.8 Å². The first kappa shape index (κ1) is 34.9. The van der Waals surface area contributed by atoms with Gasteiger partial charge in [-0.25, -0.2) is 9.59 Å². The van der Waals surface area contributed by atoms with Gasteiger partial charge >= 0.3 is 11.9 Å². The molecule has 0 bridgehead atoms. The summed E-state index contributed by atoms with van der Waals surface area (Å²) in [6.07, 6.45) is 7.48. The lowest BCUT2D eigenvalue weighted by molar-refractivity contribution is -0.149. The van der Waals surface area contributed by atoms with E-state index in [0.717, 1.165) is 49.7 Å². The topological polar surface area (TPSA) is 163 Å². The van der Waals surface area contributed by atoms with Gasteiger partial charge in [0, 0.05) is 24.3 Å². The third kappa shape index (κ3) is 8.83. The molecule has 2 aliphatic heterocycles. The number of nitriles is 2. The van der Waals surface area contributed by atoms with Crippen LogP contribution in [0.15, 0.2) is 48.5 Å². The minimum absolute atomic E-state index is 0.184. The SMILES string of the molecule is N#Cc1cccc(C2SC[C@@H](C(=O)O)N2C(=O)CCCCCCCCCCC(=O)N2C(c3cccc(C#N)c3)SC[C@H]2C(=O)O)c1. The Morgan fingerprint density at radius 2 is 1.02 bits per heavy atom. The minimum atomic E-state index is -1.02. The number of amides is 2. The van der Waals surface area contributed by atoms with E-state index in [0.29, 0.717) is 35.5 Å². The number of carbonyl (C=O) groups excluding carboxylic acids is 2. The van der Waals surface area contributed by atoms with Gasteiger partial charge < -0.3 is 20.0 Å². The Balaban J connectivity index is 1.15. The van der Waals surface area contributed by atoms with Crippen LogP contribution in [0.1, 0.15) is 97.2 Å². The van der Waals surface area contributed by atoms with Crippen LogP contribution >= 0.6 is 23.5 Å². The minimum Gasteiger partial charge on any atom is -0.480 e. The van der Waals surface area contributed by atoms with Gasteiger partial charge in [0.15, 0.2) is 0 Å². The molecule has 242 valence electrons. The Bertz CT molecular complexity index is 1390. The molecule has 2 fully saturated rings. The largest absolute Gasteiger partial charge is 0.480 e. The molecule has 4 rings (SSSR count). The lowest BCUT2D eigenvalue weighted by Gasteiger charge is -2.28. The van der Waals surface area contributed by atoms with Gasteiger partial charge in [0.25, 0.3) is 0 Å². The summed E-state index contributed by atoms with van der Waals surface area (Å²) < 4.78 is 0. The van der Waals surface area contributed by atoms with Crippen molar-refractivity contribution in [2.75, 3.05) is 11.5 Å². The average molecular weight is 663 g/mol. The van der Waals surface area contributed by atoms with Crippen molar-refractivity contribution in [3.63, 3.8) is 0 Å². The van der Waals surface area contributed by atoms with E-state index in [1.165, 1.54) is 33.3 Å². The average Bonchev–Trinajstić information content (AvgIpc) is 3.72. The highest BCUT2D eigenvalue weighted by atomic mass is 32.2. The van der Waals surface area contributed by atoms with Crippen molar-refractivity contribution in [3.8, 4) is 12.1 Å². The summed E-state index contributed by atoms with van der Waals surface area (Å²) in [6, 6.07) is 16.4. The monoisotopic (exact) mass is 662 g/mol. The number of thioether (sulfide) groups is 2. The van der Waals surface area contributed by atoms with Crippen LogP contribution < -0.4 is 0 Å². The smallest absolute Gasteiger partial charge is 0.327 e. The molecule has 2 saturated heterocycles. The summed E-state index contributed by atoms with van der Waals surface area (Å²) in [5.74, 6) is -1.79. The summed E-state index contributed by atoms with van der Waals surface area (Å²) in [5.41, 5.74) is 2.46. The van der Waals surface area contributed by atoms with Crippen LogP contribution in [0.4, 0.5) is 0 Å². The fourth-order valence-electron chi connectivity index (χ4n) is 5.91. The number of carbonyl (C=O) groups is 4. The first-order valence-corrected chi connectivity index (χ1v) is 17.7. The molecule has 0 spiro atoms. The summed E-state index contributed by atoms with van der Waals surface area (Å²) in [6.45, 7) is 0. The number of nitrogens with zero attached hydrogens (tertiary/aromatic N) is 4. The Labute approximate surface area is 277 Å². The molecule has 0 radical (unpaired) electrons. The number of carboxylic acids is 2. The number of benzene rings is 2. The molecule has 2 aromatic rings. The normalized spacial score (nSPS) is 20.7. The zero-order valence-corrected chi connectivity index (χ0v) is 27.2. The molecule has 12 heteroatoms. The Kier molecular flexibility index (Phi) is 12.9. The maximum Gasteiger partial charge on any atom is 0.327 e. The number of aliphatic carboxylic acids is 2. The molecule has 0 aliphatic carbocycles. The third-order valence-corrected chi connectivity index (χ3v) is 10.9. The van der Waals surface area contributed by atoms with E-state index in [1.54, 1.807) is 36.4 Å². The predicted octanol–water partition coefficient (Wildman–Crippen LogP) is 6.09. The van der Waals surface area contributed by atoms with Gasteiger partial charge in [-0.15, -0.1) is 23.5 Å². The molecule has 2 N–H and O–H groups in total. The third-order valence-electron chi connectivity index (χ3n) is 8.28. The van der Waals surface area contributed by atoms with Crippen LogP contribution in [0.25, 0.3) is 0 Å². The van der Waals surface area contributed by atoms with Crippen LogP contribution in [-0.2, 0) is 19.2 Å². The zero-order valence-electron chi connectivity index (χ0n) is 25.5. The molecule has 4 atom stereocenters. The van der Waals surface area contributed by atoms with Gasteiger partial charge in [0.05, 0.1) is 23.3 Å². The van der Waals surface area contributed by atoms with E-state index >= 15 is 0 Å². The molecule has 46 heavy (non-hydrogen) atoms. The zero-order chi connectivity index (χ0) is 33.1. The van der Waals surface area contributed by atoms with Gasteiger partial charge in [-0.1, -0.05) is 62.8 Å². The highest BCUT2D eigenvalue weighted by molar-refractivity contribution is 8.00. The highest BCUT2D eigenvalue weighted by Gasteiger charge is 2.43. The number of hydrogen-bond acceptors (Lipinski definition) is 8. The molecule has 0 aromatic heterocycles. The van der Waals surface area contributed by atoms with Gasteiger partial charge in [0.2, 0.25) is 11.8 Å². The second-order valence-electron chi connectivity index (χ2n) is 11.5. The fraction of sp³-hybridized carbons (Fsp3) is 0.471. The van der Waals surface area contributed by atoms with E-state index in [9.17, 15) is 39.9 Å². The molecule has 2 unspecified atom stereocenters. The summed E-state index contributed by atoms with van der Waals surface area (Å²) in [5, 5.41) is 37.1. The van der Waals surface area contributed by atoms with Crippen LogP contribution in [-0.4, -0.2) is 67.4 Å². The number of hydrogen-bond donors (Lipinski definition) is 2. The van der Waals surface area contributed by atoms with Crippen molar-refractivity contribution >= 4 is 47.3 Å². The first-order valence-electron chi connectivity index (χ1n) is 15.6. The predicted molar refractivity (Wildman–Crippen MR) is 175 cm³/mol. The Hall–Kier alpha value is -4.00. The molecule has 2 amide bonds. The fourth-order valence-corrected chi connectivity index (χ4v) is 8.77. The second kappa shape index (κ2) is 17.1. The number of rotatable bonds is 15. The summed E-state index contributed by atoms with van der Waals surface area (Å²) in [4.78, 5) is 53.0. The number of unbranched alkanes of at least 4 members (excludes halogenated alkanes) is 7. The van der Waals surface area contributed by atoms with Crippen molar-refractivity contribution in [1.29, 1.82) is 10.5 Å². The van der Waals surface area contributed by atoms with E-state index in [4.69, 9.17) is 0 Å². The Morgan fingerprint density at radius 3 is 1.37 bits per heavy atom. The van der Waals surface area contributed by atoms with Crippen LogP contribution in [0.2, 0.25) is 0 Å². The van der Waals surface area contributed by atoms with E-state index < -0.39 is 34.8 Å². The van der Waals surface area contributed by atoms with E-state index in [1.807, 2.05) is 12.1 Å². The molecule has 2 aromatic carbocycles. The summed E-state index contributed by atoms with van der Waals surface area (Å²) >= 11 is 2.82. The van der Waals surface area contributed by atoms with Crippen LogP contribution in [0, 0.1) is 22.7 Å². The summed E-state index contributed by atoms with van der Waals surface area (Å²) in [7, 11) is 0.